The quantitative estimate of drug-likeness (QED) is 0.701. The third-order valence-corrected chi connectivity index (χ3v) is 6.61. The zero-order valence-corrected chi connectivity index (χ0v) is 16.0. The minimum absolute atomic E-state index is 0.00892. The van der Waals surface area contributed by atoms with E-state index in [1.54, 1.807) is 44.4 Å². The number of ether oxygens (including phenoxy) is 1. The van der Waals surface area contributed by atoms with Gasteiger partial charge in [0.2, 0.25) is 0 Å². The molecular formula is C19H21N3O4S. The Kier molecular flexibility index (Phi) is 4.30. The Morgan fingerprint density at radius 1 is 1.30 bits per heavy atom. The number of aromatic nitrogens is 3. The number of aromatic amines is 1. The Balaban J connectivity index is 1.93. The first-order valence-electron chi connectivity index (χ1n) is 8.95. The summed E-state index contributed by atoms with van der Waals surface area (Å²) in [6, 6.07) is 6.62. The molecular weight excluding hydrogens is 366 g/mol. The first kappa shape index (κ1) is 17.8. The van der Waals surface area contributed by atoms with Crippen LogP contribution in [-0.2, 0) is 16.9 Å². The molecule has 142 valence electrons. The van der Waals surface area contributed by atoms with Crippen LogP contribution in [-0.4, -0.2) is 35.5 Å². The third-order valence-electron chi connectivity index (χ3n) is 4.88. The van der Waals surface area contributed by atoms with E-state index in [9.17, 15) is 13.2 Å². The summed E-state index contributed by atoms with van der Waals surface area (Å²) in [6.45, 7) is 2.20. The molecule has 7 nitrogen and oxygen atoms in total. The molecule has 0 unspecified atom stereocenters. The average Bonchev–Trinajstić information content (AvgIpc) is 3.36. The van der Waals surface area contributed by atoms with E-state index in [2.05, 4.69) is 10.1 Å². The van der Waals surface area contributed by atoms with Gasteiger partial charge >= 0.3 is 0 Å². The molecule has 0 spiro atoms. The van der Waals surface area contributed by atoms with Gasteiger partial charge in [0.25, 0.3) is 5.56 Å². The number of H-pyrrole nitrogens is 1. The van der Waals surface area contributed by atoms with E-state index in [0.717, 1.165) is 12.8 Å². The summed E-state index contributed by atoms with van der Waals surface area (Å²) in [4.78, 5) is 15.5. The molecule has 2 aromatic heterocycles. The van der Waals surface area contributed by atoms with Gasteiger partial charge in [-0.05, 0) is 43.0 Å². The van der Waals surface area contributed by atoms with E-state index in [1.807, 2.05) is 0 Å². The topological polar surface area (TPSA) is 94.1 Å². The maximum Gasteiger partial charge on any atom is 0.290 e. The first-order valence-corrected chi connectivity index (χ1v) is 10.6. The molecule has 1 aromatic carbocycles. The summed E-state index contributed by atoms with van der Waals surface area (Å²) in [5.41, 5.74) is 1.29. The number of benzene rings is 1. The van der Waals surface area contributed by atoms with Crippen molar-refractivity contribution >= 4 is 20.7 Å². The van der Waals surface area contributed by atoms with Crippen LogP contribution in [0, 0.1) is 5.92 Å². The molecule has 1 fully saturated rings. The highest BCUT2D eigenvalue weighted by Gasteiger charge is 2.24. The lowest BCUT2D eigenvalue weighted by molar-refractivity contribution is 0.300. The highest BCUT2D eigenvalue weighted by molar-refractivity contribution is 7.91. The van der Waals surface area contributed by atoms with Gasteiger partial charge in [-0.15, -0.1) is 0 Å². The van der Waals surface area contributed by atoms with E-state index < -0.39 is 9.84 Å². The number of hydrogen-bond acceptors (Lipinski definition) is 5. The summed E-state index contributed by atoms with van der Waals surface area (Å²) in [5.74, 6) is 1.14. The van der Waals surface area contributed by atoms with Crippen LogP contribution in [0.5, 0.6) is 5.75 Å². The summed E-state index contributed by atoms with van der Waals surface area (Å²) in [7, 11) is -1.81. The maximum atomic E-state index is 12.4. The molecule has 27 heavy (non-hydrogen) atoms. The lowest BCUT2D eigenvalue weighted by Gasteiger charge is -2.14. The van der Waals surface area contributed by atoms with Crippen LogP contribution in [0.15, 0.2) is 40.2 Å². The van der Waals surface area contributed by atoms with Gasteiger partial charge in [-0.1, -0.05) is 6.92 Å². The van der Waals surface area contributed by atoms with Crippen molar-refractivity contribution in [2.45, 2.75) is 24.7 Å². The van der Waals surface area contributed by atoms with Gasteiger partial charge in [0, 0.05) is 24.2 Å². The van der Waals surface area contributed by atoms with Crippen LogP contribution < -0.4 is 10.3 Å². The Hall–Kier alpha value is -2.61. The number of hydrogen-bond donors (Lipinski definition) is 1. The van der Waals surface area contributed by atoms with Crippen molar-refractivity contribution in [2.75, 3.05) is 12.4 Å². The van der Waals surface area contributed by atoms with Crippen LogP contribution >= 0.6 is 0 Å². The Labute approximate surface area is 156 Å². The molecule has 2 heterocycles. The number of sulfone groups is 1. The van der Waals surface area contributed by atoms with Gasteiger partial charge in [-0.2, -0.15) is 5.10 Å². The minimum atomic E-state index is -3.38. The molecule has 0 atom stereocenters. The van der Waals surface area contributed by atoms with Crippen molar-refractivity contribution in [2.24, 2.45) is 13.0 Å². The summed E-state index contributed by atoms with van der Waals surface area (Å²) >= 11 is 0. The zero-order chi connectivity index (χ0) is 19.2. The highest BCUT2D eigenvalue weighted by atomic mass is 32.2. The van der Waals surface area contributed by atoms with Gasteiger partial charge in [-0.3, -0.25) is 4.79 Å². The fourth-order valence-corrected chi connectivity index (χ4v) is 3.93. The average molecular weight is 387 g/mol. The van der Waals surface area contributed by atoms with E-state index >= 15 is 0 Å². The molecule has 1 N–H and O–H groups in total. The SMILES string of the molecule is CCS(=O)(=O)c1ccc(OCC2CC2)c(-c2nn(C)c(=O)c3[nH]ccc23)c1. The van der Waals surface area contributed by atoms with Crippen molar-refractivity contribution in [1.82, 2.24) is 14.8 Å². The van der Waals surface area contributed by atoms with Gasteiger partial charge in [0.1, 0.15) is 17.0 Å². The standard InChI is InChI=1S/C19H21N3O4S/c1-3-27(24,25)13-6-7-16(26-11-12-4-5-12)15(10-13)17-14-8-9-20-18(14)19(23)22(2)21-17/h6-10,12,20H,3-5,11H2,1-2H3. The van der Waals surface area contributed by atoms with Gasteiger partial charge in [-0.25, -0.2) is 13.1 Å². The fraction of sp³-hybridized carbons (Fsp3) is 0.368. The summed E-state index contributed by atoms with van der Waals surface area (Å²) in [5, 5.41) is 5.04. The maximum absolute atomic E-state index is 12.4. The van der Waals surface area contributed by atoms with Crippen molar-refractivity contribution < 1.29 is 13.2 Å². The second kappa shape index (κ2) is 6.53. The second-order valence-electron chi connectivity index (χ2n) is 6.86. The minimum Gasteiger partial charge on any atom is -0.493 e. The predicted octanol–water partition coefficient (Wildman–Crippen LogP) is 2.51. The Morgan fingerprint density at radius 3 is 2.78 bits per heavy atom. The zero-order valence-electron chi connectivity index (χ0n) is 15.2. The number of nitrogens with one attached hydrogen (secondary N) is 1. The summed E-state index contributed by atoms with van der Waals surface area (Å²) < 4.78 is 32.0. The number of nitrogens with zero attached hydrogens (tertiary/aromatic N) is 2. The third kappa shape index (κ3) is 3.25. The number of aryl methyl sites for hydroxylation is 1. The molecule has 8 heteroatoms. The monoisotopic (exact) mass is 387 g/mol. The predicted molar refractivity (Wildman–Crippen MR) is 103 cm³/mol. The molecule has 1 aliphatic carbocycles. The van der Waals surface area contributed by atoms with E-state index in [-0.39, 0.29) is 16.2 Å². The lowest BCUT2D eigenvalue weighted by Crippen LogP contribution is -2.20. The lowest BCUT2D eigenvalue weighted by atomic mass is 10.1. The van der Waals surface area contributed by atoms with Crippen molar-refractivity contribution in [3.05, 3.63) is 40.8 Å². The van der Waals surface area contributed by atoms with Gasteiger partial charge < -0.3 is 9.72 Å². The first-order chi connectivity index (χ1) is 12.9. The molecule has 0 saturated heterocycles. The molecule has 0 amide bonds. The largest absolute Gasteiger partial charge is 0.493 e. The van der Waals surface area contributed by atoms with Crippen LogP contribution in [0.3, 0.4) is 0 Å². The van der Waals surface area contributed by atoms with Gasteiger partial charge in [0.15, 0.2) is 9.84 Å². The fourth-order valence-electron chi connectivity index (χ4n) is 3.03. The molecule has 4 rings (SSSR count). The molecule has 0 aliphatic heterocycles. The van der Waals surface area contributed by atoms with Crippen LogP contribution in [0.25, 0.3) is 22.2 Å². The highest BCUT2D eigenvalue weighted by Crippen LogP contribution is 2.36. The van der Waals surface area contributed by atoms with Crippen LogP contribution in [0.2, 0.25) is 0 Å². The van der Waals surface area contributed by atoms with Crippen molar-refractivity contribution in [1.29, 1.82) is 0 Å². The normalized spacial score (nSPS) is 14.6. The number of rotatable bonds is 6. The van der Waals surface area contributed by atoms with E-state index in [0.29, 0.717) is 40.4 Å². The van der Waals surface area contributed by atoms with Crippen molar-refractivity contribution in [3.8, 4) is 17.0 Å². The Morgan fingerprint density at radius 2 is 2.07 bits per heavy atom. The molecule has 1 saturated carbocycles. The van der Waals surface area contributed by atoms with Crippen LogP contribution in [0.1, 0.15) is 19.8 Å². The van der Waals surface area contributed by atoms with Crippen LogP contribution in [0.4, 0.5) is 0 Å². The Bertz CT molecular complexity index is 1170. The second-order valence-corrected chi connectivity index (χ2v) is 9.14. The van der Waals surface area contributed by atoms with E-state index in [1.165, 1.54) is 4.68 Å². The van der Waals surface area contributed by atoms with Gasteiger partial charge in [0.05, 0.1) is 17.3 Å². The van der Waals surface area contributed by atoms with E-state index in [4.69, 9.17) is 4.74 Å². The molecule has 1 aliphatic rings. The molecule has 0 bridgehead atoms. The number of fused-ring (bicyclic) bond motifs is 1. The molecule has 3 aromatic rings. The van der Waals surface area contributed by atoms with Crippen molar-refractivity contribution in [3.63, 3.8) is 0 Å². The summed E-state index contributed by atoms with van der Waals surface area (Å²) in [6.07, 6.45) is 3.98. The smallest absolute Gasteiger partial charge is 0.290 e. The molecule has 0 radical (unpaired) electrons.